The summed E-state index contributed by atoms with van der Waals surface area (Å²) in [5.74, 6) is 3.50. The van der Waals surface area contributed by atoms with Gasteiger partial charge in [-0.2, -0.15) is 5.11 Å². The highest BCUT2D eigenvalue weighted by Crippen LogP contribution is 2.58. The van der Waals surface area contributed by atoms with Gasteiger partial charge in [-0.05, 0) is 61.3 Å². The van der Waals surface area contributed by atoms with Crippen molar-refractivity contribution in [3.63, 3.8) is 0 Å². The van der Waals surface area contributed by atoms with Crippen molar-refractivity contribution in [1.82, 2.24) is 0 Å². The van der Waals surface area contributed by atoms with Crippen LogP contribution in [-0.4, -0.2) is 15.9 Å². The fourth-order valence-electron chi connectivity index (χ4n) is 6.37. The van der Waals surface area contributed by atoms with Crippen LogP contribution >= 0.6 is 0 Å². The Bertz CT molecular complexity index is 543. The van der Waals surface area contributed by atoms with Crippen LogP contribution in [0.25, 0.3) is 0 Å². The lowest BCUT2D eigenvalue weighted by Gasteiger charge is -2.43. The minimum Gasteiger partial charge on any atom is -0.508 e. The lowest BCUT2D eigenvalue weighted by Crippen LogP contribution is -2.44. The van der Waals surface area contributed by atoms with Gasteiger partial charge in [-0.1, -0.05) is 31.8 Å². The molecule has 23 heavy (non-hydrogen) atoms. The Morgan fingerprint density at radius 1 is 1.00 bits per heavy atom. The zero-order valence-electron chi connectivity index (χ0n) is 13.7. The van der Waals surface area contributed by atoms with Crippen molar-refractivity contribution in [3.8, 4) is 0 Å². The molecule has 0 aromatic rings. The van der Waals surface area contributed by atoms with Gasteiger partial charge in [0.1, 0.15) is 5.76 Å². The molecule has 0 amide bonds. The highest BCUT2D eigenvalue weighted by Gasteiger charge is 2.52. The van der Waals surface area contributed by atoms with Crippen LogP contribution in [0.2, 0.25) is 0 Å². The van der Waals surface area contributed by atoms with Crippen molar-refractivity contribution in [3.05, 3.63) is 24.0 Å². The molecule has 0 heterocycles. The fraction of sp³-hybridized carbons (Fsp3) is 0.789. The third-order valence-electron chi connectivity index (χ3n) is 7.23. The highest BCUT2D eigenvalue weighted by atomic mass is 16.3. The minimum absolute atomic E-state index is 0.0206. The van der Waals surface area contributed by atoms with Gasteiger partial charge in [-0.3, -0.25) is 0 Å². The van der Waals surface area contributed by atoms with Crippen LogP contribution in [0.5, 0.6) is 0 Å². The van der Waals surface area contributed by atoms with E-state index in [0.717, 1.165) is 24.2 Å². The third-order valence-corrected chi connectivity index (χ3v) is 7.23. The van der Waals surface area contributed by atoms with Crippen molar-refractivity contribution < 1.29 is 10.2 Å². The molecule has 0 aromatic carbocycles. The van der Waals surface area contributed by atoms with Gasteiger partial charge in [-0.15, -0.1) is 0 Å². The third kappa shape index (κ3) is 2.46. The second kappa shape index (κ2) is 5.73. The largest absolute Gasteiger partial charge is 0.508 e. The maximum atomic E-state index is 10.8. The van der Waals surface area contributed by atoms with Gasteiger partial charge in [0.25, 0.3) is 0 Å². The molecule has 4 aliphatic carbocycles. The molecule has 0 spiro atoms. The summed E-state index contributed by atoms with van der Waals surface area (Å²) in [5, 5.41) is 24.0. The zero-order valence-corrected chi connectivity index (χ0v) is 13.7. The molecule has 0 aromatic heterocycles. The molecule has 0 saturated heterocycles. The summed E-state index contributed by atoms with van der Waals surface area (Å²) in [6, 6.07) is 0. The van der Waals surface area contributed by atoms with E-state index in [1.54, 1.807) is 6.08 Å². The van der Waals surface area contributed by atoms with Gasteiger partial charge in [0, 0.05) is 12.0 Å². The Morgan fingerprint density at radius 2 is 1.74 bits per heavy atom. The molecular weight excluding hydrogens is 288 g/mol. The number of hydrogen-bond acceptors (Lipinski definition) is 4. The molecule has 0 aliphatic heterocycles. The molecule has 3 N–H and O–H groups in total. The monoisotopic (exact) mass is 316 g/mol. The first-order valence-electron chi connectivity index (χ1n) is 9.33. The van der Waals surface area contributed by atoms with E-state index < -0.39 is 5.72 Å². The number of allylic oxidation sites excluding steroid dienone is 1. The fourth-order valence-corrected chi connectivity index (χ4v) is 6.37. The first-order chi connectivity index (χ1) is 11.1. The van der Waals surface area contributed by atoms with Crippen molar-refractivity contribution in [1.29, 1.82) is 5.53 Å². The second-order valence-electron chi connectivity index (χ2n) is 8.22. The molecule has 0 bridgehead atoms. The van der Waals surface area contributed by atoms with Gasteiger partial charge in [0.2, 0.25) is 5.72 Å². The van der Waals surface area contributed by atoms with Crippen molar-refractivity contribution in [2.45, 2.75) is 57.1 Å². The van der Waals surface area contributed by atoms with Crippen molar-refractivity contribution in [2.24, 2.45) is 40.6 Å². The molecule has 7 unspecified atom stereocenters. The first kappa shape index (κ1) is 15.4. The summed E-state index contributed by atoms with van der Waals surface area (Å²) in [4.78, 5) is 0. The molecule has 4 heteroatoms. The molecule has 7 atom stereocenters. The van der Waals surface area contributed by atoms with E-state index >= 15 is 0 Å². The maximum absolute atomic E-state index is 10.8. The summed E-state index contributed by atoms with van der Waals surface area (Å²) in [5.41, 5.74) is 5.91. The van der Waals surface area contributed by atoms with Crippen molar-refractivity contribution in [2.75, 3.05) is 0 Å². The second-order valence-corrected chi connectivity index (χ2v) is 8.22. The van der Waals surface area contributed by atoms with Gasteiger partial charge in [-0.25, -0.2) is 5.53 Å². The van der Waals surface area contributed by atoms with Crippen LogP contribution in [0.3, 0.4) is 0 Å². The molecule has 4 rings (SSSR count). The Balaban J connectivity index is 1.61. The van der Waals surface area contributed by atoms with E-state index in [1.807, 2.05) is 6.08 Å². The molecule has 3 fully saturated rings. The average molecular weight is 316 g/mol. The molecular formula is C19H28N2O2. The van der Waals surface area contributed by atoms with Crippen LogP contribution in [-0.2, 0) is 0 Å². The maximum Gasteiger partial charge on any atom is 0.205 e. The summed E-state index contributed by atoms with van der Waals surface area (Å²) in [6.07, 6.45) is 15.5. The SMILES string of the molecule is N=NC1(O)C=C(O)C=CC1C1CCCC2C3CCCCC3CC21. The Labute approximate surface area is 138 Å². The van der Waals surface area contributed by atoms with E-state index in [-0.39, 0.29) is 11.7 Å². The van der Waals surface area contributed by atoms with Crippen LogP contribution in [0.1, 0.15) is 51.4 Å². The quantitative estimate of drug-likeness (QED) is 0.652. The zero-order chi connectivity index (χ0) is 16.0. The topological polar surface area (TPSA) is 76.7 Å². The molecule has 4 nitrogen and oxygen atoms in total. The van der Waals surface area contributed by atoms with E-state index in [1.165, 1.54) is 51.0 Å². The molecule has 126 valence electrons. The highest BCUT2D eigenvalue weighted by molar-refractivity contribution is 5.26. The Kier molecular flexibility index (Phi) is 3.83. The van der Waals surface area contributed by atoms with Crippen LogP contribution in [0, 0.1) is 41.0 Å². The molecule has 0 radical (unpaired) electrons. The number of nitrogens with one attached hydrogen (secondary N) is 1. The summed E-state index contributed by atoms with van der Waals surface area (Å²) in [7, 11) is 0. The van der Waals surface area contributed by atoms with Gasteiger partial charge >= 0.3 is 0 Å². The first-order valence-corrected chi connectivity index (χ1v) is 9.33. The minimum atomic E-state index is -1.56. The standard InChI is InChI=1S/C19H28N2O2/c20-21-19(23)11-13(22)8-9-18(19)16-7-3-6-15-14-5-2-1-4-12(14)10-17(15)16/h8-9,11-12,14-18,20,22-23H,1-7,10H2. The summed E-state index contributed by atoms with van der Waals surface area (Å²) >= 11 is 0. The smallest absolute Gasteiger partial charge is 0.205 e. The van der Waals surface area contributed by atoms with Gasteiger partial charge < -0.3 is 10.2 Å². The predicted octanol–water partition coefficient (Wildman–Crippen LogP) is 4.58. The van der Waals surface area contributed by atoms with E-state index in [9.17, 15) is 10.2 Å². The van der Waals surface area contributed by atoms with Crippen LogP contribution in [0.4, 0.5) is 0 Å². The predicted molar refractivity (Wildman–Crippen MR) is 87.8 cm³/mol. The lowest BCUT2D eigenvalue weighted by molar-refractivity contribution is -0.0172. The van der Waals surface area contributed by atoms with E-state index in [2.05, 4.69) is 5.11 Å². The number of nitrogens with zero attached hydrogens (tertiary/aromatic N) is 1. The number of rotatable bonds is 2. The van der Waals surface area contributed by atoms with E-state index in [0.29, 0.717) is 11.8 Å². The number of hydrogen-bond donors (Lipinski definition) is 3. The van der Waals surface area contributed by atoms with Crippen molar-refractivity contribution >= 4 is 0 Å². The number of aliphatic hydroxyl groups is 2. The molecule has 3 saturated carbocycles. The summed E-state index contributed by atoms with van der Waals surface area (Å²) in [6.45, 7) is 0. The summed E-state index contributed by atoms with van der Waals surface area (Å²) < 4.78 is 0. The normalized spacial score (nSPS) is 49.2. The van der Waals surface area contributed by atoms with E-state index in [4.69, 9.17) is 5.53 Å². The Hall–Kier alpha value is -1.16. The average Bonchev–Trinajstić information content (AvgIpc) is 2.94. The molecule has 4 aliphatic rings. The number of aliphatic hydroxyl groups excluding tert-OH is 1. The van der Waals surface area contributed by atoms with Crippen LogP contribution < -0.4 is 0 Å². The van der Waals surface area contributed by atoms with Gasteiger partial charge in [0.15, 0.2) is 0 Å². The number of fused-ring (bicyclic) bond motifs is 3. The lowest BCUT2D eigenvalue weighted by atomic mass is 9.63. The van der Waals surface area contributed by atoms with Gasteiger partial charge in [0.05, 0.1) is 0 Å². The van der Waals surface area contributed by atoms with Crippen LogP contribution in [0.15, 0.2) is 29.1 Å². The Morgan fingerprint density at radius 3 is 2.57 bits per heavy atom.